The van der Waals surface area contributed by atoms with Crippen molar-refractivity contribution in [3.05, 3.63) is 142 Å². The Morgan fingerprint density at radius 2 is 1.08 bits per heavy atom. The number of nitrogens with zero attached hydrogens (tertiary/aromatic N) is 7. The molecule has 0 N–H and O–H groups in total. The minimum absolute atomic E-state index is 0.800. The zero-order valence-electron chi connectivity index (χ0n) is 27.5. The monoisotopic (exact) mass is 623 g/mol. The summed E-state index contributed by atoms with van der Waals surface area (Å²) in [4.78, 5) is 20.2. The predicted molar refractivity (Wildman–Crippen MR) is 196 cm³/mol. The molecule has 0 spiro atoms. The molecule has 0 saturated heterocycles. The number of allylic oxidation sites excluding steroid dienone is 1. The Labute approximate surface area is 278 Å². The molecule has 5 aromatic carbocycles. The van der Waals surface area contributed by atoms with Gasteiger partial charge in [0.15, 0.2) is 17.3 Å². The van der Waals surface area contributed by atoms with Crippen molar-refractivity contribution in [1.82, 2.24) is 24.6 Å². The summed E-state index contributed by atoms with van der Waals surface area (Å²) in [5.41, 5.74) is 12.2. The Bertz CT molecular complexity index is 2560. The lowest BCUT2D eigenvalue weighted by Gasteiger charge is -2.28. The number of benzene rings is 5. The quantitative estimate of drug-likeness (QED) is 0.196. The van der Waals surface area contributed by atoms with Gasteiger partial charge < -0.3 is 0 Å². The molecule has 3 aromatic heterocycles. The predicted octanol–water partition coefficient (Wildman–Crippen LogP) is 8.85. The largest absolute Gasteiger partial charge is 0.276 e. The van der Waals surface area contributed by atoms with Crippen LogP contribution in [0.15, 0.2) is 109 Å². The van der Waals surface area contributed by atoms with E-state index in [1.165, 1.54) is 5.39 Å². The molecule has 1 aliphatic heterocycles. The standard InChI is InChI=1S/C41H33N7/c1-24-12-10-13-25(2)36(24)46-35(23-21-30-28(5)45-48-38-31-17-7-6-16-29(31)20-22-34(38)44-39(30)48)47(37-26(3)14-11-15-27(37)4)41-40(46)42-32-18-8-9-19-33(32)43-41/h6-23H,1-5H3/b30-21-. The number of rotatable bonds is 3. The van der Waals surface area contributed by atoms with Crippen LogP contribution < -0.4 is 15.0 Å². The number of hydrogen-bond acceptors (Lipinski definition) is 6. The van der Waals surface area contributed by atoms with Crippen LogP contribution in [0, 0.1) is 34.6 Å². The Morgan fingerprint density at radius 3 is 1.69 bits per heavy atom. The third-order valence-electron chi connectivity index (χ3n) is 9.54. The molecule has 0 radical (unpaired) electrons. The molecule has 0 saturated carbocycles. The molecule has 7 nitrogen and oxygen atoms in total. The summed E-state index contributed by atoms with van der Waals surface area (Å²) in [7, 11) is 0. The first-order chi connectivity index (χ1) is 23.4. The van der Waals surface area contributed by atoms with Gasteiger partial charge in [-0.15, -0.1) is 0 Å². The molecular formula is C41H33N7. The second kappa shape index (κ2) is 10.5. The summed E-state index contributed by atoms with van der Waals surface area (Å²) in [6.45, 7) is 10.7. The Balaban J connectivity index is 1.37. The topological polar surface area (TPSA) is 62.5 Å². The van der Waals surface area contributed by atoms with E-state index in [4.69, 9.17) is 20.1 Å². The summed E-state index contributed by atoms with van der Waals surface area (Å²) in [5.74, 6) is 2.54. The fourth-order valence-corrected chi connectivity index (χ4v) is 7.32. The lowest BCUT2D eigenvalue weighted by atomic mass is 10.1. The van der Waals surface area contributed by atoms with Gasteiger partial charge in [0.25, 0.3) is 0 Å². The Hall–Kier alpha value is -6.08. The van der Waals surface area contributed by atoms with Gasteiger partial charge in [0.05, 0.1) is 33.6 Å². The van der Waals surface area contributed by atoms with Crippen LogP contribution in [-0.2, 0) is 0 Å². The van der Waals surface area contributed by atoms with Crippen molar-refractivity contribution in [2.75, 3.05) is 9.80 Å². The van der Waals surface area contributed by atoms with Gasteiger partial charge in [0.1, 0.15) is 11.3 Å². The minimum atomic E-state index is 0.800. The zero-order chi connectivity index (χ0) is 32.7. The van der Waals surface area contributed by atoms with Crippen LogP contribution in [0.1, 0.15) is 27.9 Å². The highest BCUT2D eigenvalue weighted by atomic mass is 15.5. The number of imidazole rings is 1. The molecule has 1 aliphatic rings. The van der Waals surface area contributed by atoms with Crippen molar-refractivity contribution in [2.45, 2.75) is 34.6 Å². The van der Waals surface area contributed by atoms with Gasteiger partial charge in [-0.05, 0) is 92.6 Å². The van der Waals surface area contributed by atoms with Crippen LogP contribution in [0.3, 0.4) is 0 Å². The van der Waals surface area contributed by atoms with Crippen LogP contribution in [0.2, 0.25) is 0 Å². The van der Waals surface area contributed by atoms with Gasteiger partial charge in [0, 0.05) is 10.6 Å². The highest BCUT2D eigenvalue weighted by molar-refractivity contribution is 6.05. The smallest absolute Gasteiger partial charge is 0.183 e. The van der Waals surface area contributed by atoms with Crippen LogP contribution in [0.25, 0.3) is 44.6 Å². The number of fused-ring (bicyclic) bond motifs is 7. The average Bonchev–Trinajstić information content (AvgIpc) is 3.69. The zero-order valence-corrected chi connectivity index (χ0v) is 27.5. The van der Waals surface area contributed by atoms with E-state index in [2.05, 4.69) is 129 Å². The molecule has 48 heavy (non-hydrogen) atoms. The molecule has 4 heterocycles. The lowest BCUT2D eigenvalue weighted by molar-refractivity contribution is 0.976. The van der Waals surface area contributed by atoms with Gasteiger partial charge in [-0.1, -0.05) is 78.9 Å². The van der Waals surface area contributed by atoms with E-state index in [0.717, 1.165) is 95.1 Å². The Kier molecular flexibility index (Phi) is 6.14. The second-order valence-electron chi connectivity index (χ2n) is 12.7. The third-order valence-corrected chi connectivity index (χ3v) is 9.54. The summed E-state index contributed by atoms with van der Waals surface area (Å²) in [6.07, 6.45) is 4.35. The number of hydrogen-bond donors (Lipinski definition) is 0. The van der Waals surface area contributed by atoms with E-state index in [1.54, 1.807) is 0 Å². The summed E-state index contributed by atoms with van der Waals surface area (Å²) in [5, 5.41) is 8.32. The number of para-hydroxylation sites is 4. The number of aromatic nitrogens is 5. The minimum Gasteiger partial charge on any atom is -0.276 e. The highest BCUT2D eigenvalue weighted by Crippen LogP contribution is 2.51. The molecule has 0 aliphatic carbocycles. The van der Waals surface area contributed by atoms with E-state index in [0.29, 0.717) is 0 Å². The van der Waals surface area contributed by atoms with Gasteiger partial charge >= 0.3 is 0 Å². The maximum atomic E-state index is 5.29. The maximum absolute atomic E-state index is 5.29. The molecule has 0 fully saturated rings. The Morgan fingerprint density at radius 1 is 0.521 bits per heavy atom. The van der Waals surface area contributed by atoms with Crippen molar-refractivity contribution in [1.29, 1.82) is 0 Å². The third kappa shape index (κ3) is 4.07. The van der Waals surface area contributed by atoms with Gasteiger partial charge in [-0.3, -0.25) is 9.80 Å². The van der Waals surface area contributed by atoms with Crippen molar-refractivity contribution >= 4 is 67.6 Å². The van der Waals surface area contributed by atoms with E-state index < -0.39 is 0 Å². The van der Waals surface area contributed by atoms with E-state index >= 15 is 0 Å². The first kappa shape index (κ1) is 28.2. The average molecular weight is 624 g/mol. The molecule has 232 valence electrons. The highest BCUT2D eigenvalue weighted by Gasteiger charge is 2.39. The van der Waals surface area contributed by atoms with Crippen LogP contribution in [0.5, 0.6) is 0 Å². The number of aryl methyl sites for hydroxylation is 5. The van der Waals surface area contributed by atoms with Crippen LogP contribution in [0.4, 0.5) is 23.0 Å². The van der Waals surface area contributed by atoms with Crippen molar-refractivity contribution in [3.8, 4) is 0 Å². The summed E-state index contributed by atoms with van der Waals surface area (Å²) < 4.78 is 2.00. The summed E-state index contributed by atoms with van der Waals surface area (Å²) >= 11 is 0. The normalized spacial score (nSPS) is 13.5. The van der Waals surface area contributed by atoms with Crippen molar-refractivity contribution in [2.24, 2.45) is 0 Å². The lowest BCUT2D eigenvalue weighted by Crippen LogP contribution is -2.24. The molecule has 0 unspecified atom stereocenters. The van der Waals surface area contributed by atoms with Crippen LogP contribution in [-0.4, -0.2) is 24.6 Å². The molecule has 7 heteroatoms. The molecule has 8 aromatic rings. The fourth-order valence-electron chi connectivity index (χ4n) is 7.32. The molecule has 9 rings (SSSR count). The van der Waals surface area contributed by atoms with Gasteiger partial charge in [0.2, 0.25) is 0 Å². The van der Waals surface area contributed by atoms with Crippen molar-refractivity contribution in [3.63, 3.8) is 0 Å². The fraction of sp³-hybridized carbons (Fsp3) is 0.122. The van der Waals surface area contributed by atoms with Crippen LogP contribution >= 0.6 is 0 Å². The molecule has 0 atom stereocenters. The SMILES string of the molecule is Cc1cccc(C)c1N1C(=C/C=c2/c(C)nn3c2nc2ccc4ccccc4c23)N(c2c(C)cccc2C)c2nc3ccccc3nc21. The van der Waals surface area contributed by atoms with Crippen molar-refractivity contribution < 1.29 is 0 Å². The van der Waals surface area contributed by atoms with E-state index in [-0.39, 0.29) is 0 Å². The first-order valence-corrected chi connectivity index (χ1v) is 16.3. The van der Waals surface area contributed by atoms with Gasteiger partial charge in [-0.2, -0.15) is 5.10 Å². The summed E-state index contributed by atoms with van der Waals surface area (Å²) in [6, 6.07) is 33.6. The van der Waals surface area contributed by atoms with Gasteiger partial charge in [-0.25, -0.2) is 19.5 Å². The maximum Gasteiger partial charge on any atom is 0.183 e. The molecular weight excluding hydrogens is 591 g/mol. The number of anilines is 4. The molecule has 0 bridgehead atoms. The molecule has 0 amide bonds. The second-order valence-corrected chi connectivity index (χ2v) is 12.7. The first-order valence-electron chi connectivity index (χ1n) is 16.3. The van der Waals surface area contributed by atoms with E-state index in [9.17, 15) is 0 Å². The van der Waals surface area contributed by atoms with E-state index in [1.807, 2.05) is 28.8 Å².